The van der Waals surface area contributed by atoms with Crippen molar-refractivity contribution in [2.45, 2.75) is 37.1 Å². The van der Waals surface area contributed by atoms with Crippen molar-refractivity contribution in [3.05, 3.63) is 58.1 Å². The van der Waals surface area contributed by atoms with Gasteiger partial charge in [0, 0.05) is 42.6 Å². The molecule has 13 nitrogen and oxygen atoms in total. The monoisotopic (exact) mass is 522 g/mol. The number of carbonyl (C=O) groups excluding carboxylic acids is 3. The lowest BCUT2D eigenvalue weighted by Crippen LogP contribution is -2.43. The number of nitro benzene ring substituents is 1. The summed E-state index contributed by atoms with van der Waals surface area (Å²) in [4.78, 5) is 47.5. The van der Waals surface area contributed by atoms with Gasteiger partial charge < -0.3 is 20.1 Å². The van der Waals surface area contributed by atoms with Crippen LogP contribution in [0.4, 0.5) is 11.4 Å². The van der Waals surface area contributed by atoms with Crippen LogP contribution in [0.25, 0.3) is 0 Å². The van der Waals surface area contributed by atoms with E-state index in [1.54, 1.807) is 6.92 Å². The summed E-state index contributed by atoms with van der Waals surface area (Å²) in [7, 11) is -2.51. The Balaban J connectivity index is 2.03. The first-order valence-corrected chi connectivity index (χ1v) is 12.2. The Hall–Kier alpha value is -4.04. The zero-order valence-corrected chi connectivity index (χ0v) is 20.4. The highest BCUT2D eigenvalue weighted by atomic mass is 32.2. The quantitative estimate of drug-likeness (QED) is 0.209. The van der Waals surface area contributed by atoms with Crippen LogP contribution in [0.5, 0.6) is 5.75 Å². The van der Waals surface area contributed by atoms with E-state index in [1.807, 2.05) is 0 Å². The summed E-state index contributed by atoms with van der Waals surface area (Å²) in [5.41, 5.74) is 0.397. The molecule has 36 heavy (non-hydrogen) atoms. The molecule has 1 unspecified atom stereocenters. The van der Waals surface area contributed by atoms with E-state index in [-0.39, 0.29) is 42.2 Å². The second-order valence-corrected chi connectivity index (χ2v) is 9.01. The number of anilines is 1. The minimum atomic E-state index is -3.87. The molecule has 0 aliphatic carbocycles. The summed E-state index contributed by atoms with van der Waals surface area (Å²) in [6, 6.07) is 7.85. The minimum absolute atomic E-state index is 0.0456. The molecule has 0 saturated heterocycles. The molecule has 4 N–H and O–H groups in total. The number of primary sulfonamides is 1. The maximum atomic E-state index is 12.5. The molecule has 0 spiro atoms. The highest BCUT2D eigenvalue weighted by Gasteiger charge is 2.25. The predicted octanol–water partition coefficient (Wildman–Crippen LogP) is 1.26. The van der Waals surface area contributed by atoms with Crippen molar-refractivity contribution in [3.63, 3.8) is 0 Å². The van der Waals surface area contributed by atoms with Gasteiger partial charge in [-0.2, -0.15) is 0 Å². The molecule has 0 bridgehead atoms. The van der Waals surface area contributed by atoms with Crippen LogP contribution in [-0.4, -0.2) is 50.9 Å². The third-order valence-electron chi connectivity index (χ3n) is 4.85. The first kappa shape index (κ1) is 28.2. The molecule has 194 valence electrons. The van der Waals surface area contributed by atoms with Gasteiger partial charge in [-0.1, -0.05) is 0 Å². The number of ether oxygens (including phenoxy) is 2. The van der Waals surface area contributed by atoms with E-state index >= 15 is 0 Å². The molecule has 0 radical (unpaired) electrons. The Labute approximate surface area is 207 Å². The lowest BCUT2D eigenvalue weighted by Gasteiger charge is -2.18. The number of carbonyl (C=O) groups is 3. The Bertz CT molecular complexity index is 1230. The summed E-state index contributed by atoms with van der Waals surface area (Å²) in [5, 5.41) is 21.2. The number of hydrogen-bond acceptors (Lipinski definition) is 9. The standard InChI is InChI=1S/C22H26N4O9S/c1-3-35-22(29)18(13-14-12-16(26(30)31)6-9-19(14)34-2)25-21(28)11-10-20(27)24-15-4-7-17(8-5-15)36(23,32)33/h4-9,12,18H,3,10-11,13H2,1-2H3,(H,24,27)(H,25,28)(H2,23,32,33). The Morgan fingerprint density at radius 3 is 2.28 bits per heavy atom. The molecule has 0 saturated carbocycles. The summed E-state index contributed by atoms with van der Waals surface area (Å²) >= 11 is 0. The zero-order valence-electron chi connectivity index (χ0n) is 19.6. The number of nitrogens with two attached hydrogens (primary N) is 1. The van der Waals surface area contributed by atoms with Crippen LogP contribution in [0.2, 0.25) is 0 Å². The number of non-ortho nitro benzene ring substituents is 1. The van der Waals surface area contributed by atoms with Crippen molar-refractivity contribution < 1.29 is 37.2 Å². The number of benzene rings is 2. The predicted molar refractivity (Wildman–Crippen MR) is 128 cm³/mol. The molecule has 0 fully saturated rings. The molecule has 14 heteroatoms. The fourth-order valence-electron chi connectivity index (χ4n) is 3.14. The number of sulfonamides is 1. The molecule has 0 aliphatic rings. The van der Waals surface area contributed by atoms with Gasteiger partial charge in [0.2, 0.25) is 21.8 Å². The second-order valence-electron chi connectivity index (χ2n) is 7.45. The average Bonchev–Trinajstić information content (AvgIpc) is 2.82. The highest BCUT2D eigenvalue weighted by Crippen LogP contribution is 2.25. The summed E-state index contributed by atoms with van der Waals surface area (Å²) in [5.74, 6) is -1.62. The van der Waals surface area contributed by atoms with E-state index in [4.69, 9.17) is 14.6 Å². The SMILES string of the molecule is CCOC(=O)C(Cc1cc([N+](=O)[O-])ccc1OC)NC(=O)CCC(=O)Nc1ccc(S(N)(=O)=O)cc1. The van der Waals surface area contributed by atoms with Crippen LogP contribution in [0.15, 0.2) is 47.4 Å². The number of hydrogen-bond donors (Lipinski definition) is 3. The molecule has 2 aromatic rings. The van der Waals surface area contributed by atoms with Crippen molar-refractivity contribution in [2.24, 2.45) is 5.14 Å². The second kappa shape index (κ2) is 12.6. The third-order valence-corrected chi connectivity index (χ3v) is 5.78. The first-order valence-electron chi connectivity index (χ1n) is 10.6. The summed E-state index contributed by atoms with van der Waals surface area (Å²) in [6.07, 6.45) is -0.653. The van der Waals surface area contributed by atoms with Gasteiger partial charge in [-0.05, 0) is 37.3 Å². The van der Waals surface area contributed by atoms with Crippen molar-refractivity contribution >= 4 is 39.2 Å². The Kier molecular flexibility index (Phi) is 9.87. The number of nitro groups is 1. The van der Waals surface area contributed by atoms with Gasteiger partial charge in [-0.3, -0.25) is 19.7 Å². The van der Waals surface area contributed by atoms with Crippen LogP contribution in [0.3, 0.4) is 0 Å². The maximum Gasteiger partial charge on any atom is 0.328 e. The van der Waals surface area contributed by atoms with Crippen molar-refractivity contribution in [1.82, 2.24) is 5.32 Å². The third kappa shape index (κ3) is 8.32. The molecule has 2 aromatic carbocycles. The van der Waals surface area contributed by atoms with E-state index in [0.717, 1.165) is 0 Å². The molecule has 0 aliphatic heterocycles. The van der Waals surface area contributed by atoms with E-state index in [2.05, 4.69) is 10.6 Å². The summed E-state index contributed by atoms with van der Waals surface area (Å²) in [6.45, 7) is 1.63. The molecular weight excluding hydrogens is 496 g/mol. The Morgan fingerprint density at radius 1 is 1.08 bits per heavy atom. The van der Waals surface area contributed by atoms with E-state index in [9.17, 15) is 32.9 Å². The molecule has 2 rings (SSSR count). The van der Waals surface area contributed by atoms with Gasteiger partial charge >= 0.3 is 5.97 Å². The first-order chi connectivity index (χ1) is 16.9. The largest absolute Gasteiger partial charge is 0.496 e. The van der Waals surface area contributed by atoms with Crippen LogP contribution in [0.1, 0.15) is 25.3 Å². The van der Waals surface area contributed by atoms with Crippen LogP contribution in [-0.2, 0) is 35.6 Å². The Morgan fingerprint density at radius 2 is 1.72 bits per heavy atom. The lowest BCUT2D eigenvalue weighted by atomic mass is 10.0. The average molecular weight is 523 g/mol. The van der Waals surface area contributed by atoms with Crippen LogP contribution >= 0.6 is 0 Å². The van der Waals surface area contributed by atoms with E-state index < -0.39 is 38.8 Å². The number of esters is 1. The van der Waals surface area contributed by atoms with Gasteiger partial charge in [0.1, 0.15) is 11.8 Å². The normalized spacial score (nSPS) is 11.8. The molecular formula is C22H26N4O9S. The number of amides is 2. The number of nitrogens with one attached hydrogen (secondary N) is 2. The molecule has 0 aromatic heterocycles. The number of methoxy groups -OCH3 is 1. The van der Waals surface area contributed by atoms with E-state index in [0.29, 0.717) is 11.3 Å². The number of rotatable bonds is 12. The smallest absolute Gasteiger partial charge is 0.328 e. The fraction of sp³-hybridized carbons (Fsp3) is 0.318. The maximum absolute atomic E-state index is 12.5. The highest BCUT2D eigenvalue weighted by molar-refractivity contribution is 7.89. The van der Waals surface area contributed by atoms with Crippen molar-refractivity contribution in [2.75, 3.05) is 19.0 Å². The van der Waals surface area contributed by atoms with Crippen molar-refractivity contribution in [1.29, 1.82) is 0 Å². The lowest BCUT2D eigenvalue weighted by molar-refractivity contribution is -0.384. The van der Waals surface area contributed by atoms with Gasteiger partial charge in [0.25, 0.3) is 5.69 Å². The molecule has 0 heterocycles. The summed E-state index contributed by atoms with van der Waals surface area (Å²) < 4.78 is 32.8. The molecule has 2 amide bonds. The van der Waals surface area contributed by atoms with Crippen LogP contribution < -0.4 is 20.5 Å². The van der Waals surface area contributed by atoms with Crippen molar-refractivity contribution in [3.8, 4) is 5.75 Å². The fourth-order valence-corrected chi connectivity index (χ4v) is 3.65. The van der Waals surface area contributed by atoms with E-state index in [1.165, 1.54) is 49.6 Å². The minimum Gasteiger partial charge on any atom is -0.496 e. The van der Waals surface area contributed by atoms with Gasteiger partial charge in [-0.15, -0.1) is 0 Å². The van der Waals surface area contributed by atoms with Crippen LogP contribution in [0, 0.1) is 10.1 Å². The van der Waals surface area contributed by atoms with Gasteiger partial charge in [0.05, 0.1) is 23.5 Å². The molecule has 1 atom stereocenters. The van der Waals surface area contributed by atoms with Gasteiger partial charge in [0.15, 0.2) is 0 Å². The number of nitrogens with zero attached hydrogens (tertiary/aromatic N) is 1. The van der Waals surface area contributed by atoms with Gasteiger partial charge in [-0.25, -0.2) is 18.4 Å². The topological polar surface area (TPSA) is 197 Å². The zero-order chi connectivity index (χ0) is 26.9.